The number of hydrogen-bond acceptors (Lipinski definition) is 3. The van der Waals surface area contributed by atoms with Crippen LogP contribution in [0, 0.1) is 35.0 Å². The molecule has 3 heteroatoms. The van der Waals surface area contributed by atoms with Gasteiger partial charge in [-0.1, -0.05) is 18.2 Å². The van der Waals surface area contributed by atoms with Crippen LogP contribution in [0.25, 0.3) is 0 Å². The van der Waals surface area contributed by atoms with E-state index in [4.69, 9.17) is 14.2 Å². The van der Waals surface area contributed by atoms with Crippen molar-refractivity contribution in [2.24, 2.45) is 35.0 Å². The van der Waals surface area contributed by atoms with Crippen molar-refractivity contribution in [2.75, 3.05) is 39.6 Å². The Morgan fingerprint density at radius 2 is 1.48 bits per heavy atom. The lowest BCUT2D eigenvalue weighted by molar-refractivity contribution is -0.00399. The number of rotatable bonds is 12. The number of fused-ring (bicyclic) bond motifs is 5. The Morgan fingerprint density at radius 1 is 0.800 bits per heavy atom. The Morgan fingerprint density at radius 3 is 2.20 bits per heavy atom. The second kappa shape index (κ2) is 8.66. The molecule has 140 valence electrons. The average molecular weight is 347 g/mol. The molecule has 6 atom stereocenters. The van der Waals surface area contributed by atoms with Gasteiger partial charge in [-0.2, -0.15) is 0 Å². The minimum absolute atomic E-state index is 0.355. The van der Waals surface area contributed by atoms with Crippen molar-refractivity contribution in [2.45, 2.75) is 25.7 Å². The molecule has 0 saturated heterocycles. The summed E-state index contributed by atoms with van der Waals surface area (Å²) in [5.74, 6) is 3.81. The predicted octanol–water partition coefficient (Wildman–Crippen LogP) is 4.26. The molecule has 0 N–H and O–H groups in total. The molecule has 0 spiro atoms. The highest BCUT2D eigenvalue weighted by atomic mass is 16.5. The lowest BCUT2D eigenvalue weighted by Gasteiger charge is -2.39. The third-order valence-electron chi connectivity index (χ3n) is 6.74. The van der Waals surface area contributed by atoms with Gasteiger partial charge in [0.1, 0.15) is 0 Å². The highest BCUT2D eigenvalue weighted by molar-refractivity contribution is 5.12. The molecular weight excluding hydrogens is 312 g/mol. The predicted molar refractivity (Wildman–Crippen MR) is 101 cm³/mol. The molecular formula is C22H34O3. The van der Waals surface area contributed by atoms with E-state index in [0.717, 1.165) is 37.6 Å². The Balaban J connectivity index is 1.64. The maximum Gasteiger partial charge on any atom is 0.0645 e. The van der Waals surface area contributed by atoms with Gasteiger partial charge in [0.15, 0.2) is 0 Å². The SMILES string of the molecule is C=CCOCC1CC2C3CC(COCC=C)(CC3COCC=C)C2C1. The standard InChI is InChI=1S/C22H34O3/c1-4-7-23-14-17-10-19-20-13-22(21(19)11-17,16-25-9-6-3)12-18(20)15-24-8-5-2/h4-6,17-21H,1-3,7-16H2. The molecule has 3 saturated carbocycles. The van der Waals surface area contributed by atoms with Crippen LogP contribution >= 0.6 is 0 Å². The molecule has 25 heavy (non-hydrogen) atoms. The Bertz CT molecular complexity index is 474. The minimum atomic E-state index is 0.355. The van der Waals surface area contributed by atoms with Crippen molar-refractivity contribution in [3.05, 3.63) is 38.0 Å². The number of hydrogen-bond donors (Lipinski definition) is 0. The smallest absolute Gasteiger partial charge is 0.0645 e. The first-order chi connectivity index (χ1) is 12.2. The van der Waals surface area contributed by atoms with Gasteiger partial charge in [0.25, 0.3) is 0 Å². The fourth-order valence-corrected chi connectivity index (χ4v) is 6.06. The molecule has 2 bridgehead atoms. The fraction of sp³-hybridized carbons (Fsp3) is 0.727. The maximum atomic E-state index is 5.98. The summed E-state index contributed by atoms with van der Waals surface area (Å²) in [4.78, 5) is 0. The molecule has 3 fully saturated rings. The molecule has 0 aromatic carbocycles. The number of ether oxygens (including phenoxy) is 3. The van der Waals surface area contributed by atoms with Crippen LogP contribution in [0.4, 0.5) is 0 Å². The van der Waals surface area contributed by atoms with Gasteiger partial charge in [-0.15, -0.1) is 19.7 Å². The van der Waals surface area contributed by atoms with E-state index in [1.807, 2.05) is 18.2 Å². The summed E-state index contributed by atoms with van der Waals surface area (Å²) in [5, 5.41) is 0. The molecule has 0 aromatic heterocycles. The van der Waals surface area contributed by atoms with Crippen molar-refractivity contribution in [1.29, 1.82) is 0 Å². The topological polar surface area (TPSA) is 27.7 Å². The molecule has 3 rings (SSSR count). The molecule has 3 nitrogen and oxygen atoms in total. The zero-order valence-corrected chi connectivity index (χ0v) is 15.5. The Labute approximate surface area is 153 Å². The Hall–Kier alpha value is -0.900. The molecule has 3 aliphatic rings. The Kier molecular flexibility index (Phi) is 6.54. The van der Waals surface area contributed by atoms with Crippen molar-refractivity contribution in [3.8, 4) is 0 Å². The zero-order valence-electron chi connectivity index (χ0n) is 15.5. The van der Waals surface area contributed by atoms with Gasteiger partial charge in [0, 0.05) is 6.61 Å². The second-order valence-electron chi connectivity index (χ2n) is 8.26. The van der Waals surface area contributed by atoms with Crippen LogP contribution in [0.2, 0.25) is 0 Å². The monoisotopic (exact) mass is 346 g/mol. The van der Waals surface area contributed by atoms with Crippen molar-refractivity contribution >= 4 is 0 Å². The van der Waals surface area contributed by atoms with Crippen molar-refractivity contribution in [1.82, 2.24) is 0 Å². The summed E-state index contributed by atoms with van der Waals surface area (Å²) in [7, 11) is 0. The lowest BCUT2D eigenvalue weighted by Crippen LogP contribution is -2.36. The fourth-order valence-electron chi connectivity index (χ4n) is 6.06. The van der Waals surface area contributed by atoms with E-state index in [1.165, 1.54) is 25.7 Å². The minimum Gasteiger partial charge on any atom is -0.377 e. The van der Waals surface area contributed by atoms with Crippen LogP contribution in [-0.2, 0) is 14.2 Å². The van der Waals surface area contributed by atoms with E-state index >= 15 is 0 Å². The second-order valence-corrected chi connectivity index (χ2v) is 8.26. The van der Waals surface area contributed by atoms with E-state index in [0.29, 0.717) is 37.1 Å². The van der Waals surface area contributed by atoms with Crippen molar-refractivity contribution < 1.29 is 14.2 Å². The zero-order chi connectivity index (χ0) is 17.7. The molecule has 0 heterocycles. The molecule has 0 amide bonds. The first kappa shape index (κ1) is 18.9. The van der Waals surface area contributed by atoms with Gasteiger partial charge in [0.05, 0.1) is 33.0 Å². The molecule has 6 unspecified atom stereocenters. The van der Waals surface area contributed by atoms with Crippen LogP contribution in [0.1, 0.15) is 25.7 Å². The normalized spacial score (nSPS) is 38.6. The van der Waals surface area contributed by atoms with Crippen LogP contribution in [0.5, 0.6) is 0 Å². The van der Waals surface area contributed by atoms with E-state index in [9.17, 15) is 0 Å². The van der Waals surface area contributed by atoms with E-state index in [1.54, 1.807) is 0 Å². The van der Waals surface area contributed by atoms with E-state index in [-0.39, 0.29) is 0 Å². The highest BCUT2D eigenvalue weighted by Crippen LogP contribution is 2.68. The van der Waals surface area contributed by atoms with Gasteiger partial charge in [-0.05, 0) is 60.7 Å². The van der Waals surface area contributed by atoms with Gasteiger partial charge >= 0.3 is 0 Å². The van der Waals surface area contributed by atoms with E-state index in [2.05, 4.69) is 19.7 Å². The average Bonchev–Trinajstić information content (AvgIpc) is 3.25. The molecule has 0 aliphatic heterocycles. The summed E-state index contributed by atoms with van der Waals surface area (Å²) < 4.78 is 17.6. The van der Waals surface area contributed by atoms with Gasteiger partial charge < -0.3 is 14.2 Å². The van der Waals surface area contributed by atoms with E-state index < -0.39 is 0 Å². The third-order valence-corrected chi connectivity index (χ3v) is 6.74. The summed E-state index contributed by atoms with van der Waals surface area (Å²) >= 11 is 0. The van der Waals surface area contributed by atoms with Crippen LogP contribution in [0.15, 0.2) is 38.0 Å². The largest absolute Gasteiger partial charge is 0.377 e. The van der Waals surface area contributed by atoms with Crippen LogP contribution in [-0.4, -0.2) is 39.6 Å². The van der Waals surface area contributed by atoms with Gasteiger partial charge in [0.2, 0.25) is 0 Å². The first-order valence-corrected chi connectivity index (χ1v) is 9.80. The van der Waals surface area contributed by atoms with Crippen LogP contribution in [0.3, 0.4) is 0 Å². The maximum absolute atomic E-state index is 5.98. The quantitative estimate of drug-likeness (QED) is 0.390. The highest BCUT2D eigenvalue weighted by Gasteiger charge is 2.63. The van der Waals surface area contributed by atoms with Gasteiger partial charge in [-0.25, -0.2) is 0 Å². The third kappa shape index (κ3) is 3.94. The van der Waals surface area contributed by atoms with Crippen LogP contribution < -0.4 is 0 Å². The summed E-state index contributed by atoms with van der Waals surface area (Å²) in [6.07, 6.45) is 10.7. The summed E-state index contributed by atoms with van der Waals surface area (Å²) in [5.41, 5.74) is 0.355. The molecule has 3 aliphatic carbocycles. The molecule has 0 radical (unpaired) electrons. The van der Waals surface area contributed by atoms with Crippen molar-refractivity contribution in [3.63, 3.8) is 0 Å². The summed E-state index contributed by atoms with van der Waals surface area (Å²) in [6.45, 7) is 15.9. The molecule has 0 aromatic rings. The lowest BCUT2D eigenvalue weighted by atomic mass is 9.69. The van der Waals surface area contributed by atoms with Gasteiger partial charge in [-0.3, -0.25) is 0 Å². The first-order valence-electron chi connectivity index (χ1n) is 9.80. The summed E-state index contributed by atoms with van der Waals surface area (Å²) in [6, 6.07) is 0.